The lowest BCUT2D eigenvalue weighted by atomic mass is 9.96. The van der Waals surface area contributed by atoms with Crippen molar-refractivity contribution in [3.05, 3.63) is 40.3 Å². The first-order valence-corrected chi connectivity index (χ1v) is 12.6. The van der Waals surface area contributed by atoms with E-state index in [4.69, 9.17) is 0 Å². The lowest BCUT2D eigenvalue weighted by molar-refractivity contribution is -0.416. The molecular weight excluding hydrogens is 422 g/mol. The van der Waals surface area contributed by atoms with Crippen LogP contribution in [0.1, 0.15) is 51.5 Å². The van der Waals surface area contributed by atoms with Crippen LogP contribution in [0.25, 0.3) is 0 Å². The van der Waals surface area contributed by atoms with Crippen LogP contribution in [0.4, 0.5) is 10.5 Å². The molecule has 1 aromatic carbocycles. The summed E-state index contributed by atoms with van der Waals surface area (Å²) < 4.78 is 1.59. The molecule has 7 heteroatoms. The number of nitrogens with zero attached hydrogens (tertiary/aromatic N) is 3. The Hall–Kier alpha value is -2.41. The Labute approximate surface area is 193 Å². The summed E-state index contributed by atoms with van der Waals surface area (Å²) in [5, 5.41) is 0.741. The molecule has 1 unspecified atom stereocenters. The first kappa shape index (κ1) is 21.4. The van der Waals surface area contributed by atoms with Gasteiger partial charge in [-0.1, -0.05) is 37.7 Å². The van der Waals surface area contributed by atoms with Gasteiger partial charge in [-0.15, -0.1) is 4.90 Å². The highest BCUT2D eigenvalue weighted by molar-refractivity contribution is 8.17. The second-order valence-corrected chi connectivity index (χ2v) is 10.4. The van der Waals surface area contributed by atoms with Gasteiger partial charge in [-0.25, -0.2) is 4.79 Å². The van der Waals surface area contributed by atoms with Gasteiger partial charge in [0.1, 0.15) is 5.69 Å². The van der Waals surface area contributed by atoms with Crippen molar-refractivity contribution in [2.24, 2.45) is 11.8 Å². The van der Waals surface area contributed by atoms with Gasteiger partial charge in [0.2, 0.25) is 0 Å². The predicted molar refractivity (Wildman–Crippen MR) is 126 cm³/mol. The number of fused-ring (bicyclic) bond motifs is 2. The van der Waals surface area contributed by atoms with Crippen molar-refractivity contribution in [1.29, 1.82) is 0 Å². The third-order valence-corrected chi connectivity index (χ3v) is 8.60. The number of hydrogen-bond acceptors (Lipinski definition) is 4. The third-order valence-electron chi connectivity index (χ3n) is 7.22. The van der Waals surface area contributed by atoms with Gasteiger partial charge < -0.3 is 4.90 Å². The number of imide groups is 1. The van der Waals surface area contributed by atoms with Gasteiger partial charge in [0, 0.05) is 13.1 Å². The van der Waals surface area contributed by atoms with Crippen LogP contribution in [0, 0.1) is 11.8 Å². The largest absolute Gasteiger partial charge is 0.507 e. The minimum Gasteiger partial charge on any atom is -0.339 e. The first-order valence-electron chi connectivity index (χ1n) is 11.8. The van der Waals surface area contributed by atoms with Crippen molar-refractivity contribution in [3.8, 4) is 0 Å². The van der Waals surface area contributed by atoms with Gasteiger partial charge in [0.05, 0.1) is 0 Å². The zero-order valence-corrected chi connectivity index (χ0v) is 19.6. The van der Waals surface area contributed by atoms with E-state index < -0.39 is 11.9 Å². The van der Waals surface area contributed by atoms with Crippen molar-refractivity contribution in [2.45, 2.75) is 52.4 Å². The molecule has 1 aromatic rings. The number of carbonyl (C=O) groups excluding carboxylic acids is 3. The molecule has 4 aliphatic rings. The quantitative estimate of drug-likeness (QED) is 0.643. The molecule has 1 fully saturated rings. The van der Waals surface area contributed by atoms with E-state index in [0.29, 0.717) is 11.6 Å². The van der Waals surface area contributed by atoms with E-state index in [9.17, 15) is 14.4 Å². The van der Waals surface area contributed by atoms with Gasteiger partial charge in [-0.2, -0.15) is 9.37 Å². The number of hydrogen-bond donors (Lipinski definition) is 0. The monoisotopic (exact) mass is 452 g/mol. The van der Waals surface area contributed by atoms with Crippen molar-refractivity contribution in [1.82, 2.24) is 4.90 Å². The van der Waals surface area contributed by atoms with Crippen molar-refractivity contribution in [3.63, 3.8) is 0 Å². The molecule has 4 amide bonds. The van der Waals surface area contributed by atoms with Crippen molar-refractivity contribution >= 4 is 40.3 Å². The smallest absolute Gasteiger partial charge is 0.339 e. The summed E-state index contributed by atoms with van der Waals surface area (Å²) in [5.41, 5.74) is 2.89. The molecule has 0 N–H and O–H groups in total. The van der Waals surface area contributed by atoms with E-state index in [1.807, 2.05) is 29.2 Å². The molecule has 0 saturated carbocycles. The number of allylic oxidation sites excluding steroid dienone is 1. The van der Waals surface area contributed by atoms with Crippen LogP contribution < -0.4 is 4.90 Å². The zero-order chi connectivity index (χ0) is 22.4. The standard InChI is InChI=1S/C25H30N3O3S/c1-3-17-7-9-18(10-8-17)28-23(30)22-19-5-4-6-20(19)32-24(22)27(25(28)31)15-21(29)26-13-11-16(2)12-14-26/h7-10,16,22H,3-6,11-15H2,1-2H3/q+1. The first-order chi connectivity index (χ1) is 15.5. The Morgan fingerprint density at radius 2 is 1.84 bits per heavy atom. The molecule has 3 aliphatic heterocycles. The van der Waals surface area contributed by atoms with Gasteiger partial charge in [0.15, 0.2) is 17.5 Å². The fraction of sp³-hybridized carbons (Fsp3) is 0.520. The average molecular weight is 453 g/mol. The maximum absolute atomic E-state index is 13.6. The lowest BCUT2D eigenvalue weighted by Gasteiger charge is -2.31. The van der Waals surface area contributed by atoms with E-state index in [2.05, 4.69) is 13.8 Å². The highest BCUT2D eigenvalue weighted by atomic mass is 32.2. The third kappa shape index (κ3) is 3.60. The van der Waals surface area contributed by atoms with Gasteiger partial charge in [-0.3, -0.25) is 4.79 Å². The number of amides is 4. The topological polar surface area (TPSA) is 60.7 Å². The van der Waals surface area contributed by atoms with Crippen molar-refractivity contribution in [2.75, 3.05) is 24.5 Å². The summed E-state index contributed by atoms with van der Waals surface area (Å²) in [7, 11) is 0. The molecule has 6 nitrogen and oxygen atoms in total. The Morgan fingerprint density at radius 3 is 2.53 bits per heavy atom. The minimum absolute atomic E-state index is 0.00340. The van der Waals surface area contributed by atoms with Crippen LogP contribution in [-0.2, 0) is 16.0 Å². The number of urea groups is 1. The molecule has 0 radical (unpaired) electrons. The van der Waals surface area contributed by atoms with E-state index in [0.717, 1.165) is 67.8 Å². The number of benzene rings is 1. The van der Waals surface area contributed by atoms with Crippen LogP contribution in [0.5, 0.6) is 0 Å². The zero-order valence-electron chi connectivity index (χ0n) is 18.8. The number of rotatable bonds is 4. The maximum atomic E-state index is 13.6. The van der Waals surface area contributed by atoms with Gasteiger partial charge >= 0.3 is 11.9 Å². The van der Waals surface area contributed by atoms with E-state index in [1.54, 1.807) is 16.3 Å². The van der Waals surface area contributed by atoms with Crippen LogP contribution >= 0.6 is 11.8 Å². The van der Waals surface area contributed by atoms with Crippen LogP contribution in [0.2, 0.25) is 0 Å². The Bertz CT molecular complexity index is 1040. The number of anilines is 1. The highest BCUT2D eigenvalue weighted by Gasteiger charge is 2.55. The predicted octanol–water partition coefficient (Wildman–Crippen LogP) is 4.19. The molecular formula is C25H30N3O3S+. The molecule has 32 heavy (non-hydrogen) atoms. The lowest BCUT2D eigenvalue weighted by Crippen LogP contribution is -2.56. The van der Waals surface area contributed by atoms with Gasteiger partial charge in [0.25, 0.3) is 5.91 Å². The SMILES string of the molecule is CCc1ccc(N2C(=O)C3C4=C(CCC4)SC3=[N+](CC(=O)N3CCC(C)CC3)C2=O)cc1. The van der Waals surface area contributed by atoms with Crippen LogP contribution in [-0.4, -0.2) is 52.0 Å². The minimum atomic E-state index is -0.421. The summed E-state index contributed by atoms with van der Waals surface area (Å²) in [6.07, 6.45) is 5.79. The number of likely N-dealkylation sites (tertiary alicyclic amines) is 1. The second kappa shape index (κ2) is 8.50. The average Bonchev–Trinajstić information content (AvgIpc) is 3.39. The molecule has 1 saturated heterocycles. The Morgan fingerprint density at radius 1 is 1.12 bits per heavy atom. The van der Waals surface area contributed by atoms with Crippen LogP contribution in [0.3, 0.4) is 0 Å². The summed E-state index contributed by atoms with van der Waals surface area (Å²) in [6, 6.07) is 7.21. The fourth-order valence-electron chi connectivity index (χ4n) is 5.16. The number of piperidine rings is 1. The number of thioether (sulfide) groups is 1. The maximum Gasteiger partial charge on any atom is 0.507 e. The molecule has 0 spiro atoms. The molecule has 0 aromatic heterocycles. The molecule has 0 bridgehead atoms. The second-order valence-electron chi connectivity index (χ2n) is 9.30. The number of aryl methyl sites for hydroxylation is 1. The normalized spacial score (nSPS) is 23.9. The Kier molecular flexibility index (Phi) is 5.70. The summed E-state index contributed by atoms with van der Waals surface area (Å²) >= 11 is 1.56. The molecule has 1 aliphatic carbocycles. The molecule has 1 atom stereocenters. The highest BCUT2D eigenvalue weighted by Crippen LogP contribution is 2.49. The number of carbonyl (C=O) groups is 3. The Balaban J connectivity index is 1.49. The van der Waals surface area contributed by atoms with Crippen molar-refractivity contribution < 1.29 is 19.0 Å². The molecule has 3 heterocycles. The van der Waals surface area contributed by atoms with E-state index in [-0.39, 0.29) is 18.4 Å². The fourth-order valence-corrected chi connectivity index (χ4v) is 6.62. The van der Waals surface area contributed by atoms with E-state index in [1.165, 1.54) is 9.81 Å². The molecule has 5 rings (SSSR count). The summed E-state index contributed by atoms with van der Waals surface area (Å²) in [6.45, 7) is 5.77. The van der Waals surface area contributed by atoms with Crippen LogP contribution in [0.15, 0.2) is 34.7 Å². The molecule has 168 valence electrons. The summed E-state index contributed by atoms with van der Waals surface area (Å²) in [4.78, 5) is 44.8. The van der Waals surface area contributed by atoms with Gasteiger partial charge in [-0.05, 0) is 72.6 Å². The van der Waals surface area contributed by atoms with E-state index >= 15 is 0 Å². The summed E-state index contributed by atoms with van der Waals surface area (Å²) in [5.74, 6) is 0.00496.